The topological polar surface area (TPSA) is 159 Å². The summed E-state index contributed by atoms with van der Waals surface area (Å²) in [7, 11) is 0. The fraction of sp³-hybridized carbons (Fsp3) is 0.421. The van der Waals surface area contributed by atoms with Gasteiger partial charge in [-0.25, -0.2) is 13.8 Å². The number of nitrogens with one attached hydrogen (secondary N) is 2. The number of hydrogen-bond donors (Lipinski definition) is 2. The number of hydrogen-bond acceptors (Lipinski definition) is 6. The molecule has 32 heavy (non-hydrogen) atoms. The lowest BCUT2D eigenvalue weighted by Crippen LogP contribution is -2.45. The van der Waals surface area contributed by atoms with Crippen molar-refractivity contribution in [2.75, 3.05) is 11.9 Å². The first kappa shape index (κ1) is 22.8. The predicted octanol–water partition coefficient (Wildman–Crippen LogP) is 2.35. The van der Waals surface area contributed by atoms with Crippen molar-refractivity contribution in [1.29, 1.82) is 0 Å². The number of alkyl halides is 2. The fourth-order valence-corrected chi connectivity index (χ4v) is 3.45. The van der Waals surface area contributed by atoms with Gasteiger partial charge < -0.3 is 5.32 Å². The van der Waals surface area contributed by atoms with Gasteiger partial charge >= 0.3 is 0 Å². The van der Waals surface area contributed by atoms with Crippen molar-refractivity contribution in [3.63, 3.8) is 0 Å². The molecule has 0 radical (unpaired) electrons. The molecule has 13 heteroatoms. The van der Waals surface area contributed by atoms with Crippen LogP contribution in [0.2, 0.25) is 0 Å². The van der Waals surface area contributed by atoms with Crippen LogP contribution in [0.4, 0.5) is 14.5 Å². The van der Waals surface area contributed by atoms with Crippen LogP contribution in [0, 0.1) is 6.92 Å². The van der Waals surface area contributed by atoms with Crippen molar-refractivity contribution in [3.8, 4) is 0 Å². The van der Waals surface area contributed by atoms with E-state index in [-0.39, 0.29) is 35.3 Å². The highest BCUT2D eigenvalue weighted by Crippen LogP contribution is 2.25. The summed E-state index contributed by atoms with van der Waals surface area (Å²) in [4.78, 5) is 55.5. The average Bonchev–Trinajstić information content (AvgIpc) is 2.73. The number of anilines is 1. The predicted molar refractivity (Wildman–Crippen MR) is 109 cm³/mol. The number of fused-ring (bicyclic) bond motifs is 1. The number of aromatic nitrogens is 2. The van der Waals surface area contributed by atoms with Crippen molar-refractivity contribution in [3.05, 3.63) is 44.8 Å². The van der Waals surface area contributed by atoms with Crippen molar-refractivity contribution in [2.45, 2.75) is 44.6 Å². The second-order valence-electron chi connectivity index (χ2n) is 7.30. The number of amides is 3. The van der Waals surface area contributed by atoms with Crippen LogP contribution in [-0.2, 0) is 14.4 Å². The summed E-state index contributed by atoms with van der Waals surface area (Å²) in [6.45, 7) is 0.463. The van der Waals surface area contributed by atoms with Gasteiger partial charge in [0.05, 0.1) is 17.6 Å². The largest absolute Gasteiger partial charge is 0.324 e. The molecule has 3 amide bonds. The average molecular weight is 447 g/mol. The summed E-state index contributed by atoms with van der Waals surface area (Å²) >= 11 is 0. The van der Waals surface area contributed by atoms with Gasteiger partial charge in [0, 0.05) is 24.2 Å². The standard InChI is InChI=1S/C19H19F2N7O4/c1-10-24-16-11(18(32)28(10)13-5-6-14(29)26-17(13)31)3-2-4-12(16)25-15(30)7-8-19(20,21)9-23-27-22/h2-4,13H,5-9H2,1H3,(H,25,30)(H,26,29,31). The van der Waals surface area contributed by atoms with Gasteiger partial charge in [0.2, 0.25) is 17.7 Å². The summed E-state index contributed by atoms with van der Waals surface area (Å²) in [6, 6.07) is 3.53. The third-order valence-corrected chi connectivity index (χ3v) is 4.99. The Morgan fingerprint density at radius 2 is 2.16 bits per heavy atom. The molecular weight excluding hydrogens is 428 g/mol. The highest BCUT2D eigenvalue weighted by molar-refractivity contribution is 6.01. The highest BCUT2D eigenvalue weighted by Gasteiger charge is 2.31. The van der Waals surface area contributed by atoms with E-state index in [1.807, 2.05) is 0 Å². The molecule has 0 bridgehead atoms. The van der Waals surface area contributed by atoms with Crippen LogP contribution in [0.25, 0.3) is 21.3 Å². The molecule has 11 nitrogen and oxygen atoms in total. The summed E-state index contributed by atoms with van der Waals surface area (Å²) < 4.78 is 28.4. The molecule has 2 N–H and O–H groups in total. The molecule has 0 aliphatic carbocycles. The number of halogens is 2. The number of piperidine rings is 1. The zero-order valence-electron chi connectivity index (χ0n) is 17.0. The normalized spacial score (nSPS) is 16.4. The zero-order chi connectivity index (χ0) is 23.5. The summed E-state index contributed by atoms with van der Waals surface area (Å²) in [5.41, 5.74) is 7.92. The molecule has 1 aliphatic rings. The molecule has 1 saturated heterocycles. The van der Waals surface area contributed by atoms with Crippen molar-refractivity contribution < 1.29 is 23.2 Å². The van der Waals surface area contributed by atoms with Gasteiger partial charge in [-0.1, -0.05) is 11.2 Å². The molecule has 1 atom stereocenters. The van der Waals surface area contributed by atoms with Crippen LogP contribution in [0.3, 0.4) is 0 Å². The van der Waals surface area contributed by atoms with Crippen LogP contribution in [0.1, 0.15) is 37.5 Å². The molecule has 168 valence electrons. The number of azide groups is 1. The second-order valence-corrected chi connectivity index (χ2v) is 7.30. The fourth-order valence-electron chi connectivity index (χ4n) is 3.45. The summed E-state index contributed by atoms with van der Waals surface area (Å²) in [5, 5.41) is 7.61. The van der Waals surface area contributed by atoms with E-state index in [1.165, 1.54) is 29.7 Å². The van der Waals surface area contributed by atoms with Gasteiger partial charge in [0.15, 0.2) is 0 Å². The minimum absolute atomic E-state index is 0.0841. The van der Waals surface area contributed by atoms with Crippen molar-refractivity contribution >= 4 is 34.3 Å². The quantitative estimate of drug-likeness (QED) is 0.288. The van der Waals surface area contributed by atoms with E-state index in [4.69, 9.17) is 5.53 Å². The molecule has 1 unspecified atom stereocenters. The Balaban J connectivity index is 1.87. The maximum Gasteiger partial charge on any atom is 0.262 e. The minimum atomic E-state index is -3.33. The Morgan fingerprint density at radius 1 is 1.41 bits per heavy atom. The van der Waals surface area contributed by atoms with Gasteiger partial charge in [0.25, 0.3) is 11.5 Å². The van der Waals surface area contributed by atoms with E-state index in [0.717, 1.165) is 0 Å². The Bertz CT molecular complexity index is 1200. The summed E-state index contributed by atoms with van der Waals surface area (Å²) in [6.07, 6.45) is -1.13. The molecule has 1 fully saturated rings. The summed E-state index contributed by atoms with van der Waals surface area (Å²) in [5.74, 6) is -4.88. The monoisotopic (exact) mass is 447 g/mol. The third-order valence-electron chi connectivity index (χ3n) is 4.99. The molecule has 1 aliphatic heterocycles. The lowest BCUT2D eigenvalue weighted by Gasteiger charge is -2.24. The molecule has 1 aromatic carbocycles. The number of carbonyl (C=O) groups is 3. The molecule has 2 aromatic rings. The van der Waals surface area contributed by atoms with E-state index < -0.39 is 54.6 Å². The number of rotatable bonds is 7. The van der Waals surface area contributed by atoms with Crippen LogP contribution >= 0.6 is 0 Å². The number of para-hydroxylation sites is 1. The van der Waals surface area contributed by atoms with Crippen LogP contribution in [0.5, 0.6) is 0 Å². The second kappa shape index (κ2) is 9.10. The van der Waals surface area contributed by atoms with E-state index in [9.17, 15) is 28.0 Å². The maximum atomic E-state index is 13.6. The number of carbonyl (C=O) groups excluding carboxylic acids is 3. The van der Waals surface area contributed by atoms with Crippen LogP contribution in [0.15, 0.2) is 28.1 Å². The van der Waals surface area contributed by atoms with Gasteiger partial charge in [0.1, 0.15) is 17.4 Å². The number of aryl methyl sites for hydroxylation is 1. The SMILES string of the molecule is Cc1nc2c(NC(=O)CCC(F)(F)CN=[N+]=[N-])cccc2c(=O)n1C1CCC(=O)NC1=O. The smallest absolute Gasteiger partial charge is 0.262 e. The van der Waals surface area contributed by atoms with E-state index in [0.29, 0.717) is 0 Å². The Hall–Kier alpha value is -3.86. The zero-order valence-corrected chi connectivity index (χ0v) is 17.0. The minimum Gasteiger partial charge on any atom is -0.324 e. The Kier molecular flexibility index (Phi) is 6.49. The van der Waals surface area contributed by atoms with Crippen molar-refractivity contribution in [2.24, 2.45) is 5.11 Å². The Labute approximate surface area is 179 Å². The molecule has 2 heterocycles. The van der Waals surface area contributed by atoms with Crippen LogP contribution in [-0.4, -0.2) is 39.7 Å². The van der Waals surface area contributed by atoms with Gasteiger partial charge in [-0.15, -0.1) is 0 Å². The first-order valence-electron chi connectivity index (χ1n) is 9.67. The molecule has 0 saturated carbocycles. The van der Waals surface area contributed by atoms with Crippen molar-refractivity contribution in [1.82, 2.24) is 14.9 Å². The van der Waals surface area contributed by atoms with Gasteiger partial charge in [-0.3, -0.25) is 29.1 Å². The van der Waals surface area contributed by atoms with E-state index in [1.54, 1.807) is 0 Å². The third kappa shape index (κ3) is 4.89. The number of benzene rings is 1. The molecular formula is C19H19F2N7O4. The molecule has 1 aromatic heterocycles. The molecule has 0 spiro atoms. The first-order valence-corrected chi connectivity index (χ1v) is 9.67. The number of nitrogens with zero attached hydrogens (tertiary/aromatic N) is 5. The first-order chi connectivity index (χ1) is 15.1. The van der Waals surface area contributed by atoms with Crippen LogP contribution < -0.4 is 16.2 Å². The van der Waals surface area contributed by atoms with Gasteiger partial charge in [-0.05, 0) is 31.0 Å². The lowest BCUT2D eigenvalue weighted by molar-refractivity contribution is -0.135. The Morgan fingerprint density at radius 3 is 2.84 bits per heavy atom. The maximum absolute atomic E-state index is 13.6. The van der Waals surface area contributed by atoms with Gasteiger partial charge in [-0.2, -0.15) is 0 Å². The van der Waals surface area contributed by atoms with E-state index >= 15 is 0 Å². The lowest BCUT2D eigenvalue weighted by atomic mass is 10.1. The highest BCUT2D eigenvalue weighted by atomic mass is 19.3. The number of imide groups is 1. The van der Waals surface area contributed by atoms with E-state index in [2.05, 4.69) is 25.6 Å². The molecule has 3 rings (SSSR count).